The van der Waals surface area contributed by atoms with Gasteiger partial charge >= 0.3 is 30.5 Å². The first kappa shape index (κ1) is 22.0. The number of hydrogen-bond donors (Lipinski definition) is 1. The van der Waals surface area contributed by atoms with Crippen molar-refractivity contribution < 1.29 is 72.0 Å². The molecule has 27 heavy (non-hydrogen) atoms. The topological polar surface area (TPSA) is 47.9 Å². The van der Waals surface area contributed by atoms with Crippen LogP contribution >= 0.6 is 0 Å². The van der Waals surface area contributed by atoms with Crippen molar-refractivity contribution in [2.45, 2.75) is 48.0 Å². The zero-order chi connectivity index (χ0) is 21.3. The molecule has 0 aromatic heterocycles. The molecular weight excluding hydrogens is 424 g/mol. The van der Waals surface area contributed by atoms with E-state index in [1.807, 2.05) is 0 Å². The molecular formula is C11H6F12O4. The summed E-state index contributed by atoms with van der Waals surface area (Å²) in [4.78, 5) is 0. The van der Waals surface area contributed by atoms with Crippen molar-refractivity contribution in [1.29, 1.82) is 0 Å². The first-order valence-electron chi connectivity index (χ1n) is 6.43. The van der Waals surface area contributed by atoms with Crippen molar-refractivity contribution in [1.82, 2.24) is 0 Å². The third-order valence-electron chi connectivity index (χ3n) is 3.67. The molecule has 158 valence electrons. The largest absolute Gasteiger partial charge is 0.453 e. The van der Waals surface area contributed by atoms with Gasteiger partial charge < -0.3 is 14.6 Å². The van der Waals surface area contributed by atoms with Crippen LogP contribution in [0.2, 0.25) is 0 Å². The molecule has 16 heteroatoms. The van der Waals surface area contributed by atoms with E-state index in [-0.39, 0.29) is 12.2 Å². The summed E-state index contributed by atoms with van der Waals surface area (Å²) < 4.78 is 164. The van der Waals surface area contributed by atoms with Crippen molar-refractivity contribution in [3.63, 3.8) is 0 Å². The molecule has 0 unspecified atom stereocenters. The normalized spacial score (nSPS) is 29.7. The van der Waals surface area contributed by atoms with Gasteiger partial charge in [0, 0.05) is 0 Å². The van der Waals surface area contributed by atoms with Gasteiger partial charge in [0.25, 0.3) is 5.60 Å². The Morgan fingerprint density at radius 3 is 1.59 bits per heavy atom. The van der Waals surface area contributed by atoms with Crippen LogP contribution in [0.3, 0.4) is 0 Å². The van der Waals surface area contributed by atoms with Crippen molar-refractivity contribution >= 4 is 0 Å². The van der Waals surface area contributed by atoms with Crippen LogP contribution in [0.15, 0.2) is 12.2 Å². The predicted octanol–water partition coefficient (Wildman–Crippen LogP) is 3.36. The highest BCUT2D eigenvalue weighted by atomic mass is 19.4. The van der Waals surface area contributed by atoms with Crippen LogP contribution in [-0.2, 0) is 14.2 Å². The van der Waals surface area contributed by atoms with E-state index in [9.17, 15) is 52.7 Å². The summed E-state index contributed by atoms with van der Waals surface area (Å²) in [5.41, 5.74) is -5.63. The van der Waals surface area contributed by atoms with E-state index < -0.39 is 54.6 Å². The molecule has 2 atom stereocenters. The molecule has 1 saturated heterocycles. The number of ether oxygens (including phenoxy) is 3. The fourth-order valence-electron chi connectivity index (χ4n) is 2.32. The third kappa shape index (κ3) is 3.05. The third-order valence-corrected chi connectivity index (χ3v) is 3.67. The lowest BCUT2D eigenvalue weighted by Gasteiger charge is -2.37. The molecule has 1 spiro atoms. The second-order valence-electron chi connectivity index (χ2n) is 5.47. The van der Waals surface area contributed by atoms with E-state index in [2.05, 4.69) is 14.2 Å². The summed E-state index contributed by atoms with van der Waals surface area (Å²) in [6.07, 6.45) is -29.2. The van der Waals surface area contributed by atoms with Crippen molar-refractivity contribution in [2.24, 2.45) is 0 Å². The fraction of sp³-hybridized carbons (Fsp3) is 0.818. The van der Waals surface area contributed by atoms with Gasteiger partial charge in [-0.2, -0.15) is 52.7 Å². The summed E-state index contributed by atoms with van der Waals surface area (Å²) >= 11 is 0. The van der Waals surface area contributed by atoms with Crippen LogP contribution in [0.5, 0.6) is 0 Å². The molecule has 1 N–H and O–H groups in total. The Hall–Kier alpha value is -1.26. The molecule has 0 aromatic carbocycles. The van der Waals surface area contributed by atoms with E-state index in [0.717, 1.165) is 0 Å². The van der Waals surface area contributed by atoms with E-state index >= 15 is 0 Å². The molecule has 2 rings (SSSR count). The van der Waals surface area contributed by atoms with Crippen LogP contribution < -0.4 is 0 Å². The minimum absolute atomic E-state index is 0.0562. The number of rotatable bonds is 1. The van der Waals surface area contributed by atoms with Gasteiger partial charge in [0.1, 0.15) is 12.7 Å². The summed E-state index contributed by atoms with van der Waals surface area (Å²) in [6, 6.07) is 0. The van der Waals surface area contributed by atoms with E-state index in [1.165, 1.54) is 0 Å². The lowest BCUT2D eigenvalue weighted by atomic mass is 9.95. The van der Waals surface area contributed by atoms with Crippen LogP contribution in [0.25, 0.3) is 0 Å². The zero-order valence-electron chi connectivity index (χ0n) is 12.1. The van der Waals surface area contributed by atoms with Gasteiger partial charge in [0.2, 0.25) is 5.79 Å². The molecule has 0 bridgehead atoms. The molecule has 1 fully saturated rings. The van der Waals surface area contributed by atoms with Crippen molar-refractivity contribution in [3.8, 4) is 0 Å². The van der Waals surface area contributed by atoms with Gasteiger partial charge in [-0.05, 0) is 6.08 Å². The fourth-order valence-corrected chi connectivity index (χ4v) is 2.32. The highest BCUT2D eigenvalue weighted by Crippen LogP contribution is 2.56. The summed E-state index contributed by atoms with van der Waals surface area (Å²) in [7, 11) is 0. The molecule has 0 aliphatic carbocycles. The van der Waals surface area contributed by atoms with Gasteiger partial charge in [-0.3, -0.25) is 4.74 Å². The summed E-state index contributed by atoms with van der Waals surface area (Å²) in [5, 5.41) is 9.11. The molecule has 2 aliphatic rings. The highest BCUT2D eigenvalue weighted by molar-refractivity contribution is 5.19. The second-order valence-corrected chi connectivity index (χ2v) is 5.47. The lowest BCUT2D eigenvalue weighted by molar-refractivity contribution is -0.459. The molecule has 0 aromatic rings. The average molecular weight is 430 g/mol. The first-order valence-corrected chi connectivity index (χ1v) is 6.43. The van der Waals surface area contributed by atoms with E-state index in [4.69, 9.17) is 5.11 Å². The second kappa shape index (κ2) is 5.64. The van der Waals surface area contributed by atoms with E-state index in [0.29, 0.717) is 0 Å². The van der Waals surface area contributed by atoms with Crippen molar-refractivity contribution in [3.05, 3.63) is 12.2 Å². The van der Waals surface area contributed by atoms with Gasteiger partial charge in [-0.25, -0.2) is 0 Å². The molecule has 0 saturated carbocycles. The van der Waals surface area contributed by atoms with Gasteiger partial charge in [0.05, 0.1) is 0 Å². The SMILES string of the molecule is OC([C@@H]1C=C[C@@]2(COC(C(F)(F)F)(C(F)(F)F)O2)O1)(C(F)(F)F)C(F)(F)F. The lowest BCUT2D eigenvalue weighted by Crippen LogP contribution is -2.65. The van der Waals surface area contributed by atoms with Gasteiger partial charge in [0.15, 0.2) is 0 Å². The summed E-state index contributed by atoms with van der Waals surface area (Å²) in [6.45, 7) is -1.86. The van der Waals surface area contributed by atoms with Crippen molar-refractivity contribution in [2.75, 3.05) is 6.61 Å². The number of hydrogen-bond acceptors (Lipinski definition) is 4. The van der Waals surface area contributed by atoms with E-state index in [1.54, 1.807) is 0 Å². The Balaban J connectivity index is 2.40. The van der Waals surface area contributed by atoms with Gasteiger partial charge in [-0.15, -0.1) is 0 Å². The first-order chi connectivity index (χ1) is 11.7. The standard InChI is InChI=1S/C11H6F12O4/c12-8(13,14)6(24,9(15,16)17)4-1-2-5(26-4)3-25-7(27-5,10(18,19)20)11(21,22)23/h1-2,4,24H,3H2/t4-,5+/m0/s1. The quantitative estimate of drug-likeness (QED) is 0.512. The predicted molar refractivity (Wildman–Crippen MR) is 55.7 cm³/mol. The monoisotopic (exact) mass is 430 g/mol. The average Bonchev–Trinajstić information content (AvgIpc) is 3.00. The smallest absolute Gasteiger partial charge is 0.371 e. The van der Waals surface area contributed by atoms with Crippen LogP contribution in [0.1, 0.15) is 0 Å². The number of halogens is 12. The molecule has 2 aliphatic heterocycles. The Morgan fingerprint density at radius 2 is 1.26 bits per heavy atom. The number of alkyl halides is 12. The maximum absolute atomic E-state index is 12.8. The summed E-state index contributed by atoms with van der Waals surface area (Å²) in [5.74, 6) is -8.76. The Morgan fingerprint density at radius 1 is 0.815 bits per heavy atom. The molecule has 0 radical (unpaired) electrons. The minimum atomic E-state index is -6.45. The van der Waals surface area contributed by atoms with Crippen LogP contribution in [0.4, 0.5) is 52.7 Å². The Kier molecular flexibility index (Phi) is 4.60. The Bertz CT molecular complexity index is 587. The zero-order valence-corrected chi connectivity index (χ0v) is 12.1. The Labute approximate surface area is 140 Å². The maximum Gasteiger partial charge on any atom is 0.453 e. The molecule has 0 amide bonds. The van der Waals surface area contributed by atoms with Crippen LogP contribution in [-0.4, -0.2) is 59.7 Å². The molecule has 2 heterocycles. The highest BCUT2D eigenvalue weighted by Gasteiger charge is 2.81. The number of aliphatic hydroxyl groups is 1. The maximum atomic E-state index is 12.8. The van der Waals surface area contributed by atoms with Crippen LogP contribution in [0, 0.1) is 0 Å². The minimum Gasteiger partial charge on any atom is -0.371 e. The molecule has 4 nitrogen and oxygen atoms in total. The van der Waals surface area contributed by atoms with Gasteiger partial charge in [-0.1, -0.05) is 6.08 Å².